The lowest BCUT2D eigenvalue weighted by molar-refractivity contribution is -0.138. The van der Waals surface area contributed by atoms with Gasteiger partial charge in [-0.05, 0) is 54.8 Å². The summed E-state index contributed by atoms with van der Waals surface area (Å²) < 4.78 is 1.98. The number of carboxylic acid groups (broad SMARTS) is 1. The van der Waals surface area contributed by atoms with Gasteiger partial charge >= 0.3 is 5.97 Å². The van der Waals surface area contributed by atoms with Crippen molar-refractivity contribution < 1.29 is 14.7 Å². The van der Waals surface area contributed by atoms with Crippen LogP contribution in [-0.4, -0.2) is 60.0 Å². The van der Waals surface area contributed by atoms with Crippen LogP contribution in [0, 0.1) is 5.41 Å². The van der Waals surface area contributed by atoms with Gasteiger partial charge in [-0.1, -0.05) is 47.3 Å². The summed E-state index contributed by atoms with van der Waals surface area (Å²) in [6, 6.07) is 14.4. The molecule has 2 aliphatic rings. The van der Waals surface area contributed by atoms with Crippen molar-refractivity contribution in [1.82, 2.24) is 19.5 Å². The number of rotatable bonds is 7. The number of imidazole rings is 1. The number of aliphatic carboxylic acids is 1. The number of pyridine rings is 2. The third kappa shape index (κ3) is 4.50. The predicted molar refractivity (Wildman–Crippen MR) is 157 cm³/mol. The van der Waals surface area contributed by atoms with Gasteiger partial charge in [0.15, 0.2) is 17.5 Å². The van der Waals surface area contributed by atoms with Gasteiger partial charge in [-0.15, -0.1) is 0 Å². The topological polar surface area (TPSA) is 122 Å². The summed E-state index contributed by atoms with van der Waals surface area (Å²) in [5.74, 6) is 0.623. The predicted octanol–water partition coefficient (Wildman–Crippen LogP) is 5.26. The highest BCUT2D eigenvalue weighted by molar-refractivity contribution is 9.10. The normalized spacial score (nSPS) is 20.0. The Balaban J connectivity index is 1.31. The zero-order valence-corrected chi connectivity index (χ0v) is 23.6. The number of anilines is 1. The number of carboxylic acids is 1. The summed E-state index contributed by atoms with van der Waals surface area (Å²) in [5.41, 5.74) is 4.15. The second-order valence-corrected chi connectivity index (χ2v) is 11.3. The minimum Gasteiger partial charge on any atom is -0.480 e. The number of nitrogens with one attached hydrogen (secondary N) is 1. The molecule has 0 aliphatic heterocycles. The van der Waals surface area contributed by atoms with Gasteiger partial charge in [0.2, 0.25) is 0 Å². The molecule has 2 N–H and O–H groups in total. The number of ketones is 1. The molecule has 0 bridgehead atoms. The smallest absolute Gasteiger partial charge is 0.328 e. The summed E-state index contributed by atoms with van der Waals surface area (Å²) in [4.78, 5) is 43.1. The zero-order chi connectivity index (χ0) is 27.9. The van der Waals surface area contributed by atoms with Crippen LogP contribution in [-0.2, 0) is 16.0 Å². The lowest BCUT2D eigenvalue weighted by atomic mass is 9.58. The van der Waals surface area contributed by atoms with Gasteiger partial charge < -0.3 is 10.4 Å². The number of Topliss-reactive ketones (excluding diaryl/α,β-unsaturated/α-hetero) is 1. The minimum atomic E-state index is -0.994. The van der Waals surface area contributed by atoms with Gasteiger partial charge in [0.1, 0.15) is 22.0 Å². The molecule has 40 heavy (non-hydrogen) atoms. The highest BCUT2D eigenvalue weighted by Crippen LogP contribution is 2.49. The average molecular weight is 602 g/mol. The molecule has 0 amide bonds. The first-order valence-corrected chi connectivity index (χ1v) is 14.4. The van der Waals surface area contributed by atoms with Crippen molar-refractivity contribution in [3.8, 4) is 17.1 Å². The molecule has 1 unspecified atom stereocenters. The largest absolute Gasteiger partial charge is 0.480 e. The van der Waals surface area contributed by atoms with Crippen LogP contribution in [0.3, 0.4) is 0 Å². The van der Waals surface area contributed by atoms with Crippen molar-refractivity contribution >= 4 is 50.4 Å². The monoisotopic (exact) mass is 600 g/mol. The molecule has 4 aromatic rings. The number of carbonyl (C=O) groups excluding carboxylic acids is 1. The van der Waals surface area contributed by atoms with Gasteiger partial charge in [-0.25, -0.2) is 19.7 Å². The summed E-state index contributed by atoms with van der Waals surface area (Å²) in [5, 5.41) is 13.1. The van der Waals surface area contributed by atoms with Crippen LogP contribution in [0.15, 0.2) is 65.9 Å². The Bertz CT molecular complexity index is 1610. The summed E-state index contributed by atoms with van der Waals surface area (Å²) in [6.07, 6.45) is 8.30. The van der Waals surface area contributed by atoms with Crippen molar-refractivity contribution in [3.05, 3.63) is 66.5 Å². The van der Waals surface area contributed by atoms with Gasteiger partial charge in [0.25, 0.3) is 0 Å². The van der Waals surface area contributed by atoms with Crippen LogP contribution in [0.2, 0.25) is 0 Å². The Morgan fingerprint density at radius 2 is 1.93 bits per heavy atom. The molecule has 2 aliphatic carbocycles. The molecular formula is C30H29BrN6O3. The second-order valence-electron chi connectivity index (χ2n) is 10.4. The van der Waals surface area contributed by atoms with Gasteiger partial charge in [-0.3, -0.25) is 14.4 Å². The molecule has 9 nitrogen and oxygen atoms in total. The molecule has 1 aromatic carbocycles. The van der Waals surface area contributed by atoms with Crippen molar-refractivity contribution in [1.29, 1.82) is 0 Å². The van der Waals surface area contributed by atoms with Gasteiger partial charge in [-0.2, -0.15) is 0 Å². The van der Waals surface area contributed by atoms with E-state index in [0.29, 0.717) is 17.2 Å². The number of hydrogen-bond donors (Lipinski definition) is 2. The first kappa shape index (κ1) is 26.3. The van der Waals surface area contributed by atoms with Crippen molar-refractivity contribution in [2.45, 2.75) is 49.4 Å². The average Bonchev–Trinajstić information content (AvgIpc) is 3.39. The fourth-order valence-electron chi connectivity index (χ4n) is 5.89. The Hall–Kier alpha value is -3.92. The molecule has 3 heterocycles. The highest BCUT2D eigenvalue weighted by atomic mass is 79.9. The van der Waals surface area contributed by atoms with Crippen LogP contribution in [0.5, 0.6) is 0 Å². The van der Waals surface area contributed by atoms with E-state index in [9.17, 15) is 14.7 Å². The maximum atomic E-state index is 12.8. The number of alkyl halides is 1. The number of aromatic nitrogens is 4. The van der Waals surface area contributed by atoms with Crippen molar-refractivity contribution in [2.24, 2.45) is 10.4 Å². The Kier molecular flexibility index (Phi) is 6.95. The summed E-state index contributed by atoms with van der Waals surface area (Å²) in [6.45, 7) is 0. The van der Waals surface area contributed by atoms with E-state index in [1.807, 2.05) is 60.1 Å². The van der Waals surface area contributed by atoms with E-state index in [2.05, 4.69) is 36.2 Å². The number of carbonyl (C=O) groups is 2. The quantitative estimate of drug-likeness (QED) is 0.277. The van der Waals surface area contributed by atoms with Gasteiger partial charge in [0.05, 0.1) is 5.41 Å². The Labute approximate surface area is 239 Å². The number of nitrogens with zero attached hydrogens (tertiary/aromatic N) is 5. The molecule has 1 spiro atoms. The fraction of sp³-hybridized carbons (Fsp3) is 0.333. The van der Waals surface area contributed by atoms with Crippen LogP contribution >= 0.6 is 15.9 Å². The Morgan fingerprint density at radius 3 is 2.60 bits per heavy atom. The van der Waals surface area contributed by atoms with E-state index in [0.717, 1.165) is 60.3 Å². The van der Waals surface area contributed by atoms with Crippen LogP contribution < -0.4 is 5.32 Å². The summed E-state index contributed by atoms with van der Waals surface area (Å²) in [7, 11) is 1.82. The van der Waals surface area contributed by atoms with E-state index >= 15 is 0 Å². The lowest BCUT2D eigenvalue weighted by Gasteiger charge is -2.47. The number of hydrogen-bond acceptors (Lipinski definition) is 7. The fourth-order valence-corrected chi connectivity index (χ4v) is 6.88. The molecule has 3 aromatic heterocycles. The molecule has 204 valence electrons. The lowest BCUT2D eigenvalue weighted by Crippen LogP contribution is -2.61. The third-order valence-corrected chi connectivity index (χ3v) is 8.89. The van der Waals surface area contributed by atoms with Crippen LogP contribution in [0.4, 0.5) is 5.82 Å². The Morgan fingerprint density at radius 1 is 1.15 bits per heavy atom. The number of fused-ring (bicyclic) bond motifs is 1. The van der Waals surface area contributed by atoms with Crippen LogP contribution in [0.25, 0.3) is 28.2 Å². The molecule has 0 radical (unpaired) electrons. The maximum absolute atomic E-state index is 12.8. The van der Waals surface area contributed by atoms with Crippen molar-refractivity contribution in [3.63, 3.8) is 0 Å². The zero-order valence-electron chi connectivity index (χ0n) is 22.0. The number of aliphatic imine (C=N–C) groups is 1. The van der Waals surface area contributed by atoms with E-state index < -0.39 is 22.3 Å². The van der Waals surface area contributed by atoms with E-state index in [1.54, 1.807) is 12.4 Å². The first-order valence-electron chi connectivity index (χ1n) is 13.5. The molecule has 10 heteroatoms. The van der Waals surface area contributed by atoms with Crippen LogP contribution in [0.1, 0.15) is 37.7 Å². The molecule has 6 rings (SSSR count). The molecule has 2 atom stereocenters. The third-order valence-electron chi connectivity index (χ3n) is 8.04. The number of benzene rings is 1. The molecule has 0 saturated heterocycles. The summed E-state index contributed by atoms with van der Waals surface area (Å²) >= 11 is 3.46. The SMILES string of the molecule is CNc1ccc(-c2nc3cccnc3n2-c2ccc(C[C@H](N=C3C(Br)C(=O)C34CCCCC4)C(=O)O)cc2)cn1. The van der Waals surface area contributed by atoms with E-state index in [1.165, 1.54) is 0 Å². The van der Waals surface area contributed by atoms with Gasteiger partial charge in [0, 0.05) is 42.8 Å². The minimum absolute atomic E-state index is 0.146. The second kappa shape index (κ2) is 10.6. The number of halogens is 1. The van der Waals surface area contributed by atoms with Crippen molar-refractivity contribution in [2.75, 3.05) is 12.4 Å². The maximum Gasteiger partial charge on any atom is 0.328 e. The molecular weight excluding hydrogens is 572 g/mol. The first-order chi connectivity index (χ1) is 19.4. The van der Waals surface area contributed by atoms with E-state index in [-0.39, 0.29) is 12.2 Å². The van der Waals surface area contributed by atoms with E-state index in [4.69, 9.17) is 4.98 Å². The standard InChI is InChI=1S/C30H29BrN6O3/c1-32-23-12-9-19(17-34-23)27-36-21-6-5-15-33-28(21)37(27)20-10-7-18(8-11-20)16-22(29(39)40)35-25-24(31)26(38)30(25)13-3-2-4-14-30/h5-12,15,17,22,24H,2-4,13-14,16H2,1H3,(H,32,34)(H,39,40)/t22-,24?/m0/s1. The molecule has 2 saturated carbocycles. The highest BCUT2D eigenvalue weighted by Gasteiger charge is 2.58. The molecule has 2 fully saturated rings.